The van der Waals surface area contributed by atoms with Crippen molar-refractivity contribution in [3.8, 4) is 11.5 Å². The second-order valence-corrected chi connectivity index (χ2v) is 6.91. The molecule has 0 saturated carbocycles. The third kappa shape index (κ3) is 4.11. The maximum absolute atomic E-state index is 12.7. The van der Waals surface area contributed by atoms with Crippen LogP contribution in [0.25, 0.3) is 11.5 Å². The second-order valence-electron chi connectivity index (χ2n) is 6.47. The maximum Gasteiger partial charge on any atom is 0.257 e. The molecule has 1 aromatic heterocycles. The largest absolute Gasteiger partial charge is 0.345 e. The summed E-state index contributed by atoms with van der Waals surface area (Å²) in [5.74, 6) is 1.12. The van der Waals surface area contributed by atoms with E-state index in [0.717, 1.165) is 11.1 Å². The van der Waals surface area contributed by atoms with Gasteiger partial charge in [0, 0.05) is 16.1 Å². The molecular formula is C20H20ClN3O2. The fourth-order valence-electron chi connectivity index (χ4n) is 2.71. The number of carbonyl (C=O) groups is 1. The topological polar surface area (TPSA) is 68.0 Å². The van der Waals surface area contributed by atoms with Crippen LogP contribution in [0.5, 0.6) is 0 Å². The van der Waals surface area contributed by atoms with E-state index in [4.69, 9.17) is 16.1 Å². The van der Waals surface area contributed by atoms with Crippen LogP contribution in [0.2, 0.25) is 5.02 Å². The van der Waals surface area contributed by atoms with Crippen LogP contribution < -0.4 is 5.32 Å². The zero-order chi connectivity index (χ0) is 18.7. The molecule has 0 aliphatic heterocycles. The van der Waals surface area contributed by atoms with E-state index in [-0.39, 0.29) is 17.9 Å². The highest BCUT2D eigenvalue weighted by atomic mass is 35.5. The number of hydrogen-bond donors (Lipinski definition) is 1. The van der Waals surface area contributed by atoms with Gasteiger partial charge in [0.15, 0.2) is 5.82 Å². The predicted octanol–water partition coefficient (Wildman–Crippen LogP) is 4.83. The molecule has 1 unspecified atom stereocenters. The Morgan fingerprint density at radius 1 is 1.08 bits per heavy atom. The minimum Gasteiger partial charge on any atom is -0.345 e. The Kier molecular flexibility index (Phi) is 5.38. The van der Waals surface area contributed by atoms with E-state index < -0.39 is 0 Å². The molecule has 2 aromatic carbocycles. The van der Waals surface area contributed by atoms with Crippen LogP contribution in [0.3, 0.4) is 0 Å². The predicted molar refractivity (Wildman–Crippen MR) is 101 cm³/mol. The molecule has 6 heteroatoms. The van der Waals surface area contributed by atoms with Crippen molar-refractivity contribution < 1.29 is 9.32 Å². The first-order valence-corrected chi connectivity index (χ1v) is 8.79. The first-order chi connectivity index (χ1) is 12.4. The van der Waals surface area contributed by atoms with E-state index in [0.29, 0.717) is 22.3 Å². The lowest BCUT2D eigenvalue weighted by molar-refractivity contribution is 0.0925. The fraction of sp³-hybridized carbons (Fsp3) is 0.250. The van der Waals surface area contributed by atoms with E-state index in [2.05, 4.69) is 29.3 Å². The molecule has 1 atom stereocenters. The summed E-state index contributed by atoms with van der Waals surface area (Å²) in [6.45, 7) is 5.90. The molecule has 1 N–H and O–H groups in total. The number of aryl methyl sites for hydroxylation is 1. The number of aromatic nitrogens is 2. The molecule has 3 rings (SSSR count). The summed E-state index contributed by atoms with van der Waals surface area (Å²) in [7, 11) is 0. The first-order valence-electron chi connectivity index (χ1n) is 8.41. The van der Waals surface area contributed by atoms with Gasteiger partial charge >= 0.3 is 0 Å². The van der Waals surface area contributed by atoms with Gasteiger partial charge in [-0.3, -0.25) is 4.79 Å². The Morgan fingerprint density at radius 2 is 1.73 bits per heavy atom. The van der Waals surface area contributed by atoms with Gasteiger partial charge in [-0.25, -0.2) is 0 Å². The monoisotopic (exact) mass is 369 g/mol. The van der Waals surface area contributed by atoms with Crippen LogP contribution in [0.1, 0.15) is 41.6 Å². The third-order valence-electron chi connectivity index (χ3n) is 4.10. The van der Waals surface area contributed by atoms with Crippen LogP contribution >= 0.6 is 11.6 Å². The highest BCUT2D eigenvalue weighted by Crippen LogP contribution is 2.24. The molecule has 1 heterocycles. The summed E-state index contributed by atoms with van der Waals surface area (Å²) in [5, 5.41) is 7.55. The second kappa shape index (κ2) is 7.70. The Balaban J connectivity index is 1.76. The maximum atomic E-state index is 12.7. The quantitative estimate of drug-likeness (QED) is 0.699. The first kappa shape index (κ1) is 18.1. The number of amides is 1. The van der Waals surface area contributed by atoms with Crippen molar-refractivity contribution in [2.75, 3.05) is 0 Å². The Labute approximate surface area is 157 Å². The van der Waals surface area contributed by atoms with Gasteiger partial charge < -0.3 is 9.84 Å². The molecule has 0 spiro atoms. The number of hydrogen-bond acceptors (Lipinski definition) is 4. The molecule has 0 aliphatic carbocycles. The fourth-order valence-corrected chi connectivity index (χ4v) is 2.83. The molecule has 1 amide bonds. The van der Waals surface area contributed by atoms with Crippen molar-refractivity contribution >= 4 is 17.5 Å². The lowest BCUT2D eigenvalue weighted by atomic mass is 9.95. The SMILES string of the molecule is Cc1noc(-c2ccc(C(=O)NC(c3ccc(Cl)cc3)C(C)C)cc2)n1. The van der Waals surface area contributed by atoms with Crippen molar-refractivity contribution in [1.29, 1.82) is 0 Å². The van der Waals surface area contributed by atoms with E-state index >= 15 is 0 Å². The molecule has 3 aromatic rings. The van der Waals surface area contributed by atoms with Crippen LogP contribution in [0.4, 0.5) is 0 Å². The van der Waals surface area contributed by atoms with Crippen molar-refractivity contribution in [1.82, 2.24) is 15.5 Å². The lowest BCUT2D eigenvalue weighted by Gasteiger charge is -2.23. The molecule has 0 aliphatic rings. The molecule has 26 heavy (non-hydrogen) atoms. The average molecular weight is 370 g/mol. The van der Waals surface area contributed by atoms with E-state index in [9.17, 15) is 4.79 Å². The molecule has 134 valence electrons. The van der Waals surface area contributed by atoms with Crippen LogP contribution in [0.15, 0.2) is 53.1 Å². The summed E-state index contributed by atoms with van der Waals surface area (Å²) in [6, 6.07) is 14.6. The molecule has 0 radical (unpaired) electrons. The number of halogens is 1. The Hall–Kier alpha value is -2.66. The zero-order valence-electron chi connectivity index (χ0n) is 14.9. The number of nitrogens with one attached hydrogen (secondary N) is 1. The van der Waals surface area contributed by atoms with E-state index in [1.165, 1.54) is 0 Å². The molecule has 5 nitrogen and oxygen atoms in total. The van der Waals surface area contributed by atoms with Gasteiger partial charge in [0.1, 0.15) is 0 Å². The van der Waals surface area contributed by atoms with Crippen LogP contribution in [0, 0.1) is 12.8 Å². The molecule has 0 bridgehead atoms. The van der Waals surface area contributed by atoms with Crippen LogP contribution in [-0.2, 0) is 0 Å². The zero-order valence-corrected chi connectivity index (χ0v) is 15.6. The van der Waals surface area contributed by atoms with Gasteiger partial charge in [-0.15, -0.1) is 0 Å². The number of rotatable bonds is 5. The van der Waals surface area contributed by atoms with Crippen LogP contribution in [-0.4, -0.2) is 16.0 Å². The Morgan fingerprint density at radius 3 is 2.27 bits per heavy atom. The highest BCUT2D eigenvalue weighted by molar-refractivity contribution is 6.30. The summed E-state index contributed by atoms with van der Waals surface area (Å²) in [6.07, 6.45) is 0. The third-order valence-corrected chi connectivity index (χ3v) is 4.36. The standard InChI is InChI=1S/C20H20ClN3O2/c1-12(2)18(14-8-10-17(21)11-9-14)23-19(25)15-4-6-16(7-5-15)20-22-13(3)24-26-20/h4-12,18H,1-3H3,(H,23,25). The minimum absolute atomic E-state index is 0.0990. The normalized spacial score (nSPS) is 12.2. The van der Waals surface area contributed by atoms with Gasteiger partial charge in [0.2, 0.25) is 0 Å². The summed E-state index contributed by atoms with van der Waals surface area (Å²) >= 11 is 5.96. The molecule has 0 saturated heterocycles. The summed E-state index contributed by atoms with van der Waals surface area (Å²) in [5.41, 5.74) is 2.38. The highest BCUT2D eigenvalue weighted by Gasteiger charge is 2.19. The molecular weight excluding hydrogens is 350 g/mol. The number of nitrogens with zero attached hydrogens (tertiary/aromatic N) is 2. The average Bonchev–Trinajstić information content (AvgIpc) is 3.07. The smallest absolute Gasteiger partial charge is 0.257 e. The lowest BCUT2D eigenvalue weighted by Crippen LogP contribution is -2.31. The van der Waals surface area contributed by atoms with Gasteiger partial charge in [0.25, 0.3) is 11.8 Å². The van der Waals surface area contributed by atoms with Gasteiger partial charge in [-0.05, 0) is 54.8 Å². The van der Waals surface area contributed by atoms with Crippen molar-refractivity contribution in [2.45, 2.75) is 26.8 Å². The van der Waals surface area contributed by atoms with E-state index in [1.807, 2.05) is 24.3 Å². The minimum atomic E-state index is -0.132. The summed E-state index contributed by atoms with van der Waals surface area (Å²) in [4.78, 5) is 16.8. The van der Waals surface area contributed by atoms with Gasteiger partial charge in [-0.1, -0.05) is 42.7 Å². The number of carbonyl (C=O) groups excluding carboxylic acids is 1. The van der Waals surface area contributed by atoms with Crippen molar-refractivity contribution in [3.05, 3.63) is 70.5 Å². The van der Waals surface area contributed by atoms with Gasteiger partial charge in [0.05, 0.1) is 6.04 Å². The van der Waals surface area contributed by atoms with Crippen molar-refractivity contribution in [3.63, 3.8) is 0 Å². The Bertz CT molecular complexity index is 886. The molecule has 0 fully saturated rings. The summed E-state index contributed by atoms with van der Waals surface area (Å²) < 4.78 is 5.14. The van der Waals surface area contributed by atoms with E-state index in [1.54, 1.807) is 31.2 Å². The number of benzene rings is 2. The van der Waals surface area contributed by atoms with Crippen molar-refractivity contribution in [2.24, 2.45) is 5.92 Å². The van der Waals surface area contributed by atoms with Gasteiger partial charge in [-0.2, -0.15) is 4.98 Å².